The molecule has 0 saturated heterocycles. The van der Waals surface area contributed by atoms with Crippen LogP contribution in [0.4, 0.5) is 0 Å². The Hall–Kier alpha value is -2.70. The minimum Gasteiger partial charge on any atom is -0.489 e. The molecule has 1 heterocycles. The van der Waals surface area contributed by atoms with Crippen molar-refractivity contribution in [3.8, 4) is 5.88 Å². The van der Waals surface area contributed by atoms with E-state index in [4.69, 9.17) is 14.2 Å². The molecule has 170 valence electrons. The lowest BCUT2D eigenvalue weighted by molar-refractivity contribution is -0.121. The Balaban J connectivity index is 1.56. The van der Waals surface area contributed by atoms with Gasteiger partial charge >= 0.3 is 0 Å². The summed E-state index contributed by atoms with van der Waals surface area (Å²) in [5.41, 5.74) is 1.94. The number of Topliss-reactive ketones (excluding diaryl/α,β-unsaturated/α-hetero) is 2. The molecule has 7 heteroatoms. The molecule has 0 unspecified atom stereocenters. The number of ketones is 2. The molecule has 0 aromatic carbocycles. The van der Waals surface area contributed by atoms with Gasteiger partial charge in [0.1, 0.15) is 6.33 Å². The average Bonchev–Trinajstić information content (AvgIpc) is 2.76. The molecule has 0 amide bonds. The maximum atomic E-state index is 12.6. The molecule has 7 nitrogen and oxygen atoms in total. The van der Waals surface area contributed by atoms with Gasteiger partial charge in [-0.2, -0.15) is 0 Å². The zero-order valence-electron chi connectivity index (χ0n) is 19.2. The second-order valence-electron chi connectivity index (χ2n) is 7.75. The summed E-state index contributed by atoms with van der Waals surface area (Å²) in [7, 11) is 2.77. The zero-order chi connectivity index (χ0) is 22.6. The minimum atomic E-state index is -0.257. The largest absolute Gasteiger partial charge is 0.489 e. The summed E-state index contributed by atoms with van der Waals surface area (Å²) in [6, 6.07) is 1.84. The SMILES string of the molecule is COC1=C(OC)C(=O)C(CCCCCCCCCCOc2cc(C)ncn2)=C(C)C1=O. The van der Waals surface area contributed by atoms with Crippen molar-refractivity contribution in [3.05, 3.63) is 40.8 Å². The number of rotatable bonds is 14. The van der Waals surface area contributed by atoms with Crippen LogP contribution in [0.1, 0.15) is 70.4 Å². The third-order valence-corrected chi connectivity index (χ3v) is 5.44. The van der Waals surface area contributed by atoms with Gasteiger partial charge in [0.2, 0.25) is 29.0 Å². The summed E-state index contributed by atoms with van der Waals surface area (Å²) < 4.78 is 15.8. The first-order chi connectivity index (χ1) is 15.0. The number of methoxy groups -OCH3 is 2. The van der Waals surface area contributed by atoms with E-state index in [0.29, 0.717) is 30.1 Å². The summed E-state index contributed by atoms with van der Waals surface area (Å²) in [5, 5.41) is 0. The van der Waals surface area contributed by atoms with Crippen molar-refractivity contribution in [3.63, 3.8) is 0 Å². The van der Waals surface area contributed by atoms with Crippen LogP contribution in [0, 0.1) is 6.92 Å². The summed E-state index contributed by atoms with van der Waals surface area (Å²) in [6.45, 7) is 4.29. The maximum absolute atomic E-state index is 12.6. The molecular formula is C24H34N2O5. The number of aromatic nitrogens is 2. The first-order valence-corrected chi connectivity index (χ1v) is 11.0. The Morgan fingerprint density at radius 2 is 1.35 bits per heavy atom. The number of allylic oxidation sites excluding steroid dienone is 2. The number of hydrogen-bond acceptors (Lipinski definition) is 7. The van der Waals surface area contributed by atoms with Crippen molar-refractivity contribution in [1.82, 2.24) is 9.97 Å². The number of nitrogens with zero attached hydrogens (tertiary/aromatic N) is 2. The molecule has 1 aromatic heterocycles. The van der Waals surface area contributed by atoms with Gasteiger partial charge in [0.25, 0.3) is 0 Å². The molecule has 0 spiro atoms. The number of ether oxygens (including phenoxy) is 3. The van der Waals surface area contributed by atoms with E-state index in [0.717, 1.165) is 37.8 Å². The Morgan fingerprint density at radius 3 is 1.97 bits per heavy atom. The van der Waals surface area contributed by atoms with E-state index in [2.05, 4.69) is 9.97 Å². The fraction of sp³-hybridized carbons (Fsp3) is 0.583. The molecule has 31 heavy (non-hydrogen) atoms. The summed E-state index contributed by atoms with van der Waals surface area (Å²) in [5.74, 6) is 0.185. The Labute approximate surface area is 184 Å². The highest BCUT2D eigenvalue weighted by atomic mass is 16.5. The highest BCUT2D eigenvalue weighted by molar-refractivity contribution is 6.23. The molecule has 0 aliphatic heterocycles. The van der Waals surface area contributed by atoms with Crippen LogP contribution in [0.25, 0.3) is 0 Å². The van der Waals surface area contributed by atoms with E-state index in [9.17, 15) is 9.59 Å². The Bertz CT molecular complexity index is 829. The topological polar surface area (TPSA) is 87.6 Å². The molecule has 0 fully saturated rings. The van der Waals surface area contributed by atoms with Crippen molar-refractivity contribution >= 4 is 11.6 Å². The number of carbonyl (C=O) groups is 2. The number of hydrogen-bond donors (Lipinski definition) is 0. The summed E-state index contributed by atoms with van der Waals surface area (Å²) in [4.78, 5) is 33.1. The van der Waals surface area contributed by atoms with Gasteiger partial charge in [-0.05, 0) is 33.1 Å². The minimum absolute atomic E-state index is 0.00584. The molecule has 0 atom stereocenters. The molecule has 0 bridgehead atoms. The lowest BCUT2D eigenvalue weighted by Crippen LogP contribution is -2.25. The fourth-order valence-corrected chi connectivity index (χ4v) is 3.64. The van der Waals surface area contributed by atoms with Gasteiger partial charge in [-0.3, -0.25) is 9.59 Å². The van der Waals surface area contributed by atoms with E-state index in [-0.39, 0.29) is 23.1 Å². The van der Waals surface area contributed by atoms with Crippen molar-refractivity contribution in [2.45, 2.75) is 71.6 Å². The van der Waals surface area contributed by atoms with E-state index in [1.165, 1.54) is 39.8 Å². The number of unbranched alkanes of at least 4 members (excludes halogenated alkanes) is 7. The molecule has 0 N–H and O–H groups in total. The van der Waals surface area contributed by atoms with Crippen molar-refractivity contribution in [1.29, 1.82) is 0 Å². The van der Waals surface area contributed by atoms with Gasteiger partial charge < -0.3 is 14.2 Å². The van der Waals surface area contributed by atoms with Crippen LogP contribution in [0.3, 0.4) is 0 Å². The van der Waals surface area contributed by atoms with Gasteiger partial charge in [0.15, 0.2) is 0 Å². The maximum Gasteiger partial charge on any atom is 0.228 e. The molecular weight excluding hydrogens is 396 g/mol. The van der Waals surface area contributed by atoms with E-state index >= 15 is 0 Å². The van der Waals surface area contributed by atoms with Gasteiger partial charge in [0, 0.05) is 22.9 Å². The monoisotopic (exact) mass is 430 g/mol. The molecule has 0 saturated carbocycles. The van der Waals surface area contributed by atoms with Crippen molar-refractivity contribution in [2.24, 2.45) is 0 Å². The average molecular weight is 431 g/mol. The van der Waals surface area contributed by atoms with E-state index in [1.54, 1.807) is 6.92 Å². The predicted molar refractivity (Wildman–Crippen MR) is 118 cm³/mol. The first-order valence-electron chi connectivity index (χ1n) is 11.0. The van der Waals surface area contributed by atoms with Crippen LogP contribution in [-0.2, 0) is 19.1 Å². The normalized spacial score (nSPS) is 14.3. The van der Waals surface area contributed by atoms with Crippen molar-refractivity contribution in [2.75, 3.05) is 20.8 Å². The van der Waals surface area contributed by atoms with E-state index < -0.39 is 0 Å². The second kappa shape index (κ2) is 12.9. The van der Waals surface area contributed by atoms with Crippen LogP contribution in [-0.4, -0.2) is 42.4 Å². The van der Waals surface area contributed by atoms with Crippen LogP contribution in [0.15, 0.2) is 35.1 Å². The molecule has 1 aromatic rings. The van der Waals surface area contributed by atoms with Gasteiger partial charge in [0.05, 0.1) is 20.8 Å². The Kier molecular flexibility index (Phi) is 10.2. The standard InChI is InChI=1S/C24H34N2O5/c1-17-15-20(26-16-25-17)31-14-12-10-8-6-5-7-9-11-13-19-18(2)21(27)23(29-3)24(30-4)22(19)28/h15-16H,5-14H2,1-4H3. The van der Waals surface area contributed by atoms with E-state index in [1.807, 2.05) is 13.0 Å². The molecule has 2 rings (SSSR count). The first kappa shape index (κ1) is 24.6. The van der Waals surface area contributed by atoms with Crippen LogP contribution in [0.2, 0.25) is 0 Å². The molecule has 1 aliphatic rings. The fourth-order valence-electron chi connectivity index (χ4n) is 3.64. The van der Waals surface area contributed by atoms with Crippen LogP contribution in [0.5, 0.6) is 5.88 Å². The van der Waals surface area contributed by atoms with Crippen LogP contribution < -0.4 is 4.74 Å². The lowest BCUT2D eigenvalue weighted by Gasteiger charge is -2.20. The molecule has 0 radical (unpaired) electrons. The Morgan fingerprint density at radius 1 is 0.774 bits per heavy atom. The highest BCUT2D eigenvalue weighted by Gasteiger charge is 2.34. The summed E-state index contributed by atoms with van der Waals surface area (Å²) in [6.07, 6.45) is 10.9. The van der Waals surface area contributed by atoms with Gasteiger partial charge in [-0.15, -0.1) is 0 Å². The highest BCUT2D eigenvalue weighted by Crippen LogP contribution is 2.28. The number of carbonyl (C=O) groups excluding carboxylic acids is 2. The lowest BCUT2D eigenvalue weighted by atomic mass is 9.89. The third kappa shape index (κ3) is 7.19. The number of aryl methyl sites for hydroxylation is 1. The summed E-state index contributed by atoms with van der Waals surface area (Å²) >= 11 is 0. The zero-order valence-corrected chi connectivity index (χ0v) is 19.2. The van der Waals surface area contributed by atoms with Crippen molar-refractivity contribution < 1.29 is 23.8 Å². The van der Waals surface area contributed by atoms with Gasteiger partial charge in [-0.25, -0.2) is 9.97 Å². The third-order valence-electron chi connectivity index (χ3n) is 5.44. The predicted octanol–water partition coefficient (Wildman–Crippen LogP) is 4.65. The smallest absolute Gasteiger partial charge is 0.228 e. The molecule has 1 aliphatic carbocycles. The quantitative estimate of drug-likeness (QED) is 0.314. The second-order valence-corrected chi connectivity index (χ2v) is 7.75. The van der Waals surface area contributed by atoms with Crippen LogP contribution >= 0.6 is 0 Å². The van der Waals surface area contributed by atoms with Gasteiger partial charge in [-0.1, -0.05) is 38.5 Å².